The number of para-hydroxylation sites is 1. The number of hydrogen-bond acceptors (Lipinski definition) is 8. The summed E-state index contributed by atoms with van der Waals surface area (Å²) in [5.74, 6) is -0.572. The van der Waals surface area contributed by atoms with Gasteiger partial charge in [0.2, 0.25) is 0 Å². The number of nitro groups is 1. The second-order valence-corrected chi connectivity index (χ2v) is 8.76. The Morgan fingerprint density at radius 3 is 2.33 bits per heavy atom. The van der Waals surface area contributed by atoms with E-state index in [1.165, 1.54) is 0 Å². The van der Waals surface area contributed by atoms with Crippen molar-refractivity contribution < 1.29 is 32.4 Å². The van der Waals surface area contributed by atoms with Gasteiger partial charge in [0.15, 0.2) is 16.4 Å². The number of nitrogens with zero attached hydrogens (tertiary/aromatic N) is 1. The number of nitrogens with one attached hydrogen (secondary N) is 1. The van der Waals surface area contributed by atoms with Gasteiger partial charge in [0.05, 0.1) is 10.5 Å². The van der Waals surface area contributed by atoms with Crippen LogP contribution in [0.25, 0.3) is 0 Å². The average Bonchev–Trinajstić information content (AvgIpc) is 2.77. The minimum absolute atomic E-state index is 0.264. The predicted molar refractivity (Wildman–Crippen MR) is 118 cm³/mol. The summed E-state index contributed by atoms with van der Waals surface area (Å²) >= 11 is 0. The number of benzene rings is 3. The van der Waals surface area contributed by atoms with Gasteiger partial charge in [-0.1, -0.05) is 24.3 Å². The minimum atomic E-state index is -3.87. The van der Waals surface area contributed by atoms with Crippen LogP contribution in [-0.4, -0.2) is 38.1 Å². The van der Waals surface area contributed by atoms with E-state index in [9.17, 15) is 28.1 Å². The summed E-state index contributed by atoms with van der Waals surface area (Å²) in [6.45, 7) is -0.662. The SMILES string of the molecule is CS(=O)(=O)c1ccc(C(=O)OCC(=O)Nc2cccc(Oc3ccccc3)c2)cc1[N+](=O)[O-]. The van der Waals surface area contributed by atoms with Crippen LogP contribution < -0.4 is 10.1 Å². The number of esters is 1. The smallest absolute Gasteiger partial charge is 0.338 e. The number of carbonyl (C=O) groups is 2. The standard InChI is InChI=1S/C22H18N2O8S/c1-33(29,30)20-11-10-15(12-19(20)24(27)28)22(26)31-14-21(25)23-16-6-5-9-18(13-16)32-17-7-3-2-4-8-17/h2-13H,14H2,1H3,(H,23,25). The van der Waals surface area contributed by atoms with Gasteiger partial charge < -0.3 is 14.8 Å². The zero-order chi connectivity index (χ0) is 24.0. The number of carbonyl (C=O) groups excluding carboxylic acids is 2. The van der Waals surface area contributed by atoms with Gasteiger partial charge in [0, 0.05) is 24.1 Å². The van der Waals surface area contributed by atoms with Crippen molar-refractivity contribution in [2.45, 2.75) is 4.90 Å². The van der Waals surface area contributed by atoms with Crippen LogP contribution in [0, 0.1) is 10.1 Å². The lowest BCUT2D eigenvalue weighted by Crippen LogP contribution is -2.21. The van der Waals surface area contributed by atoms with Gasteiger partial charge in [0.1, 0.15) is 16.4 Å². The first-order valence-electron chi connectivity index (χ1n) is 9.42. The quantitative estimate of drug-likeness (QED) is 0.299. The van der Waals surface area contributed by atoms with E-state index in [1.54, 1.807) is 36.4 Å². The van der Waals surface area contributed by atoms with Crippen molar-refractivity contribution in [2.75, 3.05) is 18.2 Å². The van der Waals surface area contributed by atoms with E-state index in [4.69, 9.17) is 9.47 Å². The Kier molecular flexibility index (Phi) is 7.04. The molecule has 33 heavy (non-hydrogen) atoms. The van der Waals surface area contributed by atoms with Crippen LogP contribution in [0.3, 0.4) is 0 Å². The molecule has 0 atom stereocenters. The molecule has 11 heteroatoms. The van der Waals surface area contributed by atoms with Crippen LogP contribution in [-0.2, 0) is 19.4 Å². The summed E-state index contributed by atoms with van der Waals surface area (Å²) in [5, 5.41) is 13.7. The van der Waals surface area contributed by atoms with E-state index in [2.05, 4.69) is 5.32 Å². The van der Waals surface area contributed by atoms with Crippen molar-refractivity contribution in [3.8, 4) is 11.5 Å². The molecule has 0 heterocycles. The molecule has 10 nitrogen and oxygen atoms in total. The van der Waals surface area contributed by atoms with Crippen LogP contribution in [0.4, 0.5) is 11.4 Å². The van der Waals surface area contributed by atoms with Crippen LogP contribution in [0.1, 0.15) is 10.4 Å². The molecule has 0 saturated heterocycles. The van der Waals surface area contributed by atoms with E-state index < -0.39 is 43.8 Å². The van der Waals surface area contributed by atoms with Gasteiger partial charge in [-0.25, -0.2) is 13.2 Å². The Balaban J connectivity index is 1.62. The molecule has 170 valence electrons. The molecule has 0 aliphatic carbocycles. The first-order chi connectivity index (χ1) is 15.6. The molecule has 3 aromatic carbocycles. The maximum Gasteiger partial charge on any atom is 0.338 e. The van der Waals surface area contributed by atoms with E-state index in [0.29, 0.717) is 17.2 Å². The second kappa shape index (κ2) is 9.92. The number of sulfone groups is 1. The third-order valence-corrected chi connectivity index (χ3v) is 5.37. The van der Waals surface area contributed by atoms with Crippen molar-refractivity contribution in [3.05, 3.63) is 88.5 Å². The molecule has 0 saturated carbocycles. The Morgan fingerprint density at radius 2 is 1.67 bits per heavy atom. The van der Waals surface area contributed by atoms with Gasteiger partial charge in [0.25, 0.3) is 11.6 Å². The van der Waals surface area contributed by atoms with Crippen molar-refractivity contribution in [3.63, 3.8) is 0 Å². The monoisotopic (exact) mass is 470 g/mol. The molecule has 0 aliphatic rings. The summed E-state index contributed by atoms with van der Waals surface area (Å²) in [6.07, 6.45) is 0.817. The Labute approximate surface area is 188 Å². The van der Waals surface area contributed by atoms with E-state index in [-0.39, 0.29) is 5.56 Å². The third kappa shape index (κ3) is 6.37. The topological polar surface area (TPSA) is 142 Å². The second-order valence-electron chi connectivity index (χ2n) is 6.78. The van der Waals surface area contributed by atoms with Crippen molar-refractivity contribution in [1.29, 1.82) is 0 Å². The van der Waals surface area contributed by atoms with Crippen LogP contribution in [0.2, 0.25) is 0 Å². The Morgan fingerprint density at radius 1 is 0.970 bits per heavy atom. The van der Waals surface area contributed by atoms with Gasteiger partial charge in [-0.05, 0) is 36.4 Å². The van der Waals surface area contributed by atoms with Crippen molar-refractivity contribution in [1.82, 2.24) is 0 Å². The first-order valence-corrected chi connectivity index (χ1v) is 11.3. The van der Waals surface area contributed by atoms with E-state index >= 15 is 0 Å². The van der Waals surface area contributed by atoms with Gasteiger partial charge in [-0.15, -0.1) is 0 Å². The molecule has 0 radical (unpaired) electrons. The lowest BCUT2D eigenvalue weighted by molar-refractivity contribution is -0.387. The van der Waals surface area contributed by atoms with E-state index in [1.807, 2.05) is 18.2 Å². The van der Waals surface area contributed by atoms with Crippen LogP contribution in [0.5, 0.6) is 11.5 Å². The maximum atomic E-state index is 12.2. The molecule has 0 bridgehead atoms. The molecule has 3 aromatic rings. The number of hydrogen-bond donors (Lipinski definition) is 1. The number of nitro benzene ring substituents is 1. The number of anilines is 1. The fraction of sp³-hybridized carbons (Fsp3) is 0.0909. The maximum absolute atomic E-state index is 12.2. The molecule has 3 rings (SSSR count). The number of rotatable bonds is 8. The highest BCUT2D eigenvalue weighted by molar-refractivity contribution is 7.90. The minimum Gasteiger partial charge on any atom is -0.457 e. The highest BCUT2D eigenvalue weighted by Crippen LogP contribution is 2.26. The predicted octanol–water partition coefficient (Wildman–Crippen LogP) is 3.59. The third-order valence-electron chi connectivity index (χ3n) is 4.22. The molecule has 0 aromatic heterocycles. The lowest BCUT2D eigenvalue weighted by Gasteiger charge is -2.09. The summed E-state index contributed by atoms with van der Waals surface area (Å²) in [7, 11) is -3.87. The summed E-state index contributed by atoms with van der Waals surface area (Å²) in [5.41, 5.74) is -0.621. The van der Waals surface area contributed by atoms with Gasteiger partial charge in [-0.2, -0.15) is 0 Å². The Hall–Kier alpha value is -4.25. The number of ether oxygens (including phenoxy) is 2. The molecule has 0 unspecified atom stereocenters. The normalized spacial score (nSPS) is 10.8. The highest BCUT2D eigenvalue weighted by atomic mass is 32.2. The molecular weight excluding hydrogens is 452 g/mol. The molecule has 0 fully saturated rings. The first kappa shape index (κ1) is 23.4. The molecule has 1 N–H and O–H groups in total. The van der Waals surface area contributed by atoms with Gasteiger partial charge in [-0.3, -0.25) is 14.9 Å². The van der Waals surface area contributed by atoms with Crippen LogP contribution >= 0.6 is 0 Å². The van der Waals surface area contributed by atoms with Gasteiger partial charge >= 0.3 is 5.97 Å². The fourth-order valence-electron chi connectivity index (χ4n) is 2.77. The van der Waals surface area contributed by atoms with Crippen LogP contribution in [0.15, 0.2) is 77.7 Å². The highest BCUT2D eigenvalue weighted by Gasteiger charge is 2.24. The molecule has 0 aliphatic heterocycles. The Bertz CT molecular complexity index is 1310. The lowest BCUT2D eigenvalue weighted by atomic mass is 10.2. The summed E-state index contributed by atoms with van der Waals surface area (Å²) < 4.78 is 33.9. The molecule has 0 spiro atoms. The molecule has 1 amide bonds. The zero-order valence-electron chi connectivity index (χ0n) is 17.3. The largest absolute Gasteiger partial charge is 0.457 e. The summed E-state index contributed by atoms with van der Waals surface area (Å²) in [4.78, 5) is 34.1. The zero-order valence-corrected chi connectivity index (χ0v) is 18.1. The summed E-state index contributed by atoms with van der Waals surface area (Å²) in [6, 6.07) is 18.4. The fourth-order valence-corrected chi connectivity index (χ4v) is 3.60. The average molecular weight is 470 g/mol. The van der Waals surface area contributed by atoms with Crippen molar-refractivity contribution in [2.24, 2.45) is 0 Å². The van der Waals surface area contributed by atoms with Crippen molar-refractivity contribution >= 4 is 33.1 Å². The number of amides is 1. The molecular formula is C22H18N2O8S. The van der Waals surface area contributed by atoms with E-state index in [0.717, 1.165) is 24.5 Å².